The summed E-state index contributed by atoms with van der Waals surface area (Å²) in [5, 5.41) is 0. The van der Waals surface area contributed by atoms with E-state index < -0.39 is 17.6 Å². The van der Waals surface area contributed by atoms with E-state index in [1.165, 1.54) is 0 Å². The molecule has 248 valence electrons. The molecule has 8 nitrogen and oxygen atoms in total. The predicted molar refractivity (Wildman–Crippen MR) is 188 cm³/mol. The minimum Gasteiger partial charge on any atom is -0.497 e. The first-order valence-corrected chi connectivity index (χ1v) is 24.5. The van der Waals surface area contributed by atoms with Crippen molar-refractivity contribution < 1.29 is 36.1 Å². The van der Waals surface area contributed by atoms with Crippen molar-refractivity contribution >= 4 is 64.8 Å². The van der Waals surface area contributed by atoms with Crippen molar-refractivity contribution in [1.82, 2.24) is 0 Å². The molecule has 3 rings (SSSR count). The van der Waals surface area contributed by atoms with E-state index in [2.05, 4.69) is 19.1 Å². The zero-order valence-corrected chi connectivity index (χ0v) is 32.2. The summed E-state index contributed by atoms with van der Waals surface area (Å²) in [6.45, 7) is 14.0. The highest BCUT2D eigenvalue weighted by molar-refractivity contribution is 9.26. The zero-order chi connectivity index (χ0) is 31.6. The lowest BCUT2D eigenvalue weighted by Crippen LogP contribution is -2.49. The number of carbonyl (C=O) groups excluding carboxylic acids is 1. The highest BCUT2D eigenvalue weighted by atomic mass is 33.7. The van der Waals surface area contributed by atoms with Gasteiger partial charge in [-0.25, -0.2) is 0 Å². The van der Waals surface area contributed by atoms with Crippen LogP contribution in [-0.2, 0) is 26.9 Å². The molecule has 0 spiro atoms. The average molecular weight is 713 g/mol. The van der Waals surface area contributed by atoms with Crippen molar-refractivity contribution in [3.63, 3.8) is 0 Å². The van der Waals surface area contributed by atoms with Crippen LogP contribution in [0.4, 0.5) is 0 Å². The van der Waals surface area contributed by atoms with Gasteiger partial charge >= 0.3 is 17.6 Å². The molecule has 14 heteroatoms. The van der Waals surface area contributed by atoms with Crippen LogP contribution in [0.25, 0.3) is 0 Å². The fraction of sp³-hybridized carbons (Fsp3) is 0.759. The smallest absolute Gasteiger partial charge is 0.497 e. The SMILES string of the molecule is CCO[Si]1(OCC)CCCSSSSCCC[Si](OCC)(OCC)Oc2ccc(cc2OC)C(C)CCCC(C)C(=O)O1. The number of fused-ring (bicyclic) bond motifs is 21. The molecule has 0 aliphatic carbocycles. The maximum atomic E-state index is 13.2. The summed E-state index contributed by atoms with van der Waals surface area (Å²) in [5.74, 6) is 3.05. The van der Waals surface area contributed by atoms with Gasteiger partial charge in [-0.2, -0.15) is 0 Å². The lowest BCUT2D eigenvalue weighted by molar-refractivity contribution is -0.143. The second-order valence-electron chi connectivity index (χ2n) is 10.3. The predicted octanol–water partition coefficient (Wildman–Crippen LogP) is 9.02. The van der Waals surface area contributed by atoms with E-state index in [-0.39, 0.29) is 17.8 Å². The van der Waals surface area contributed by atoms with Gasteiger partial charge in [0.2, 0.25) is 0 Å². The second kappa shape index (κ2) is 21.7. The molecule has 1 aromatic carbocycles. The molecule has 2 unspecified atom stereocenters. The molecule has 0 N–H and O–H groups in total. The van der Waals surface area contributed by atoms with Crippen LogP contribution in [0.1, 0.15) is 85.1 Å². The van der Waals surface area contributed by atoms with Crippen LogP contribution < -0.4 is 9.16 Å². The standard InChI is InChI=1S/C29H52O8S4Si2/c1-8-32-42(33-9-2)21-13-19-38-40-41-39-20-14-22-43(34-10-3,35-11-4)37-29(30)25(6)16-12-15-24(5)26-17-18-27(36-42)28(23-26)31-7/h17-18,23-25H,8-16,19-22H2,1-7H3. The van der Waals surface area contributed by atoms with Crippen LogP contribution in [0.15, 0.2) is 18.2 Å². The Balaban J connectivity index is 2.25. The number of methoxy groups -OCH3 is 1. The van der Waals surface area contributed by atoms with Crippen LogP contribution in [0.3, 0.4) is 0 Å². The third-order valence-electron chi connectivity index (χ3n) is 6.96. The van der Waals surface area contributed by atoms with Gasteiger partial charge in [-0.3, -0.25) is 4.79 Å². The van der Waals surface area contributed by atoms with Crippen LogP contribution in [-0.4, -0.2) is 68.6 Å². The number of rotatable bonds is 9. The Morgan fingerprint density at radius 1 is 0.767 bits per heavy atom. The van der Waals surface area contributed by atoms with Gasteiger partial charge in [-0.1, -0.05) is 47.9 Å². The molecular formula is C29H52O8S4Si2. The molecule has 43 heavy (non-hydrogen) atoms. The second-order valence-corrected chi connectivity index (χ2v) is 21.8. The molecule has 0 radical (unpaired) electrons. The van der Waals surface area contributed by atoms with Crippen molar-refractivity contribution in [2.75, 3.05) is 45.0 Å². The Bertz CT molecular complexity index is 920. The summed E-state index contributed by atoms with van der Waals surface area (Å²) in [6.07, 6.45) is 4.35. The normalized spacial score (nSPS) is 23.1. The number of hydrogen-bond donors (Lipinski definition) is 0. The zero-order valence-electron chi connectivity index (χ0n) is 27.0. The summed E-state index contributed by atoms with van der Waals surface area (Å²) in [4.78, 5) is 13.2. The largest absolute Gasteiger partial charge is 0.567 e. The van der Waals surface area contributed by atoms with Gasteiger partial charge in [0.1, 0.15) is 5.75 Å². The van der Waals surface area contributed by atoms with Crippen LogP contribution in [0, 0.1) is 5.92 Å². The molecule has 1 aromatic rings. The van der Waals surface area contributed by atoms with Crippen molar-refractivity contribution in [1.29, 1.82) is 0 Å². The van der Waals surface area contributed by atoms with Crippen molar-refractivity contribution in [2.24, 2.45) is 5.92 Å². The molecule has 0 saturated carbocycles. The summed E-state index contributed by atoms with van der Waals surface area (Å²) in [6, 6.07) is 7.50. The number of hydrogen-bond acceptors (Lipinski definition) is 12. The fourth-order valence-electron chi connectivity index (χ4n) is 4.79. The molecule has 2 aliphatic rings. The first-order chi connectivity index (χ1) is 20.8. The molecular weight excluding hydrogens is 661 g/mol. The molecule has 0 aromatic heterocycles. The van der Waals surface area contributed by atoms with Crippen molar-refractivity contribution in [2.45, 2.75) is 91.7 Å². The van der Waals surface area contributed by atoms with Gasteiger partial charge in [0, 0.05) is 50.0 Å². The first-order valence-electron chi connectivity index (χ1n) is 15.5. The van der Waals surface area contributed by atoms with E-state index >= 15 is 0 Å². The topological polar surface area (TPSA) is 81.7 Å². The van der Waals surface area contributed by atoms with E-state index in [9.17, 15) is 4.79 Å². The highest BCUT2D eigenvalue weighted by Gasteiger charge is 2.45. The summed E-state index contributed by atoms with van der Waals surface area (Å²) in [7, 11) is 2.81. The molecule has 0 saturated heterocycles. The maximum absolute atomic E-state index is 13.2. The summed E-state index contributed by atoms with van der Waals surface area (Å²) >= 11 is 0. The molecule has 2 atom stereocenters. The minimum atomic E-state index is -3.09. The first kappa shape index (κ1) is 39.1. The molecule has 0 amide bonds. The minimum absolute atomic E-state index is 0.218. The van der Waals surface area contributed by atoms with E-state index in [1.807, 2.05) is 62.3 Å². The van der Waals surface area contributed by atoms with Gasteiger partial charge < -0.3 is 31.3 Å². The Hall–Kier alpha value is -0.0362. The average Bonchev–Trinajstić information content (AvgIpc) is 2.98. The summed E-state index contributed by atoms with van der Waals surface area (Å²) in [5.41, 5.74) is 1.16. The van der Waals surface area contributed by atoms with Crippen molar-refractivity contribution in [3.8, 4) is 11.5 Å². The maximum Gasteiger partial charge on any atom is 0.567 e. The molecule has 2 aliphatic heterocycles. The molecule has 0 fully saturated rings. The van der Waals surface area contributed by atoms with E-state index in [4.69, 9.17) is 31.3 Å². The molecule has 2 heterocycles. The lowest BCUT2D eigenvalue weighted by atomic mass is 9.93. The third-order valence-corrected chi connectivity index (χ3v) is 19.5. The monoisotopic (exact) mass is 712 g/mol. The fourth-order valence-corrected chi connectivity index (χ4v) is 16.6. The van der Waals surface area contributed by atoms with Gasteiger partial charge in [0.05, 0.1) is 13.0 Å². The Morgan fingerprint density at radius 2 is 1.28 bits per heavy atom. The highest BCUT2D eigenvalue weighted by Crippen LogP contribution is 2.44. The van der Waals surface area contributed by atoms with Crippen LogP contribution in [0.5, 0.6) is 11.5 Å². The van der Waals surface area contributed by atoms with Gasteiger partial charge in [0.25, 0.3) is 5.97 Å². The van der Waals surface area contributed by atoms with Crippen LogP contribution in [0.2, 0.25) is 12.1 Å². The Labute approximate surface area is 277 Å². The van der Waals surface area contributed by atoms with Gasteiger partial charge in [-0.15, -0.1) is 0 Å². The van der Waals surface area contributed by atoms with Crippen LogP contribution >= 0.6 is 41.2 Å². The van der Waals surface area contributed by atoms with Gasteiger partial charge in [-0.05, 0) is 96.6 Å². The van der Waals surface area contributed by atoms with Crippen molar-refractivity contribution in [3.05, 3.63) is 23.8 Å². The third kappa shape index (κ3) is 13.7. The molecule has 2 bridgehead atoms. The quantitative estimate of drug-likeness (QED) is 0.181. The van der Waals surface area contributed by atoms with E-state index in [1.54, 1.807) is 26.8 Å². The summed E-state index contributed by atoms with van der Waals surface area (Å²) < 4.78 is 43.0. The Morgan fingerprint density at radius 3 is 1.79 bits per heavy atom. The number of carbonyl (C=O) groups is 1. The van der Waals surface area contributed by atoms with Gasteiger partial charge in [0.15, 0.2) is 5.75 Å². The van der Waals surface area contributed by atoms with E-state index in [0.717, 1.165) is 55.2 Å². The lowest BCUT2D eigenvalue weighted by Gasteiger charge is -2.30. The van der Waals surface area contributed by atoms with E-state index in [0.29, 0.717) is 44.0 Å². The Kier molecular flexibility index (Phi) is 19.8. The number of ether oxygens (including phenoxy) is 1. The number of benzene rings is 1.